The predicted octanol–water partition coefficient (Wildman–Crippen LogP) is 2.84. The molecule has 1 aromatic heterocycles. The largest absolute Gasteiger partial charge is 0.377 e. The molecule has 1 fully saturated rings. The second kappa shape index (κ2) is 8.00. The van der Waals surface area contributed by atoms with Crippen LogP contribution in [-0.4, -0.2) is 57.3 Å². The van der Waals surface area contributed by atoms with Crippen molar-refractivity contribution in [3.8, 4) is 11.4 Å². The standard InChI is InChI=1S/C22H29N5O4S/c1-13-12-31-11-10-27(13)20-17-14(2)32(29,30)22(3,4)18(17)25-19(26-20)15-6-8-16(9-7-15)24-21(28)23-5/h6-9,13-14H,10-12H2,1-5H3,(H2,23,24,28)/t13-,14?/m0/s1. The van der Waals surface area contributed by atoms with Crippen LogP contribution in [0.15, 0.2) is 24.3 Å². The lowest BCUT2D eigenvalue weighted by Crippen LogP contribution is -2.44. The number of nitrogens with zero attached hydrogens (tertiary/aromatic N) is 3. The van der Waals surface area contributed by atoms with Gasteiger partial charge in [0.25, 0.3) is 0 Å². The lowest BCUT2D eigenvalue weighted by molar-refractivity contribution is 0.0984. The molecular weight excluding hydrogens is 430 g/mol. The number of hydrogen-bond acceptors (Lipinski definition) is 7. The molecule has 2 amide bonds. The summed E-state index contributed by atoms with van der Waals surface area (Å²) in [5, 5.41) is 4.54. The molecule has 2 atom stereocenters. The number of ether oxygens (including phenoxy) is 1. The molecule has 0 radical (unpaired) electrons. The summed E-state index contributed by atoms with van der Waals surface area (Å²) in [6.07, 6.45) is 0. The number of nitrogens with one attached hydrogen (secondary N) is 2. The number of aromatic nitrogens is 2. The molecule has 2 N–H and O–H groups in total. The van der Waals surface area contributed by atoms with E-state index in [0.29, 0.717) is 48.3 Å². The predicted molar refractivity (Wildman–Crippen MR) is 124 cm³/mol. The number of hydrogen-bond donors (Lipinski definition) is 2. The zero-order chi connectivity index (χ0) is 23.3. The average molecular weight is 460 g/mol. The fraction of sp³-hybridized carbons (Fsp3) is 0.500. The molecule has 2 aliphatic rings. The van der Waals surface area contributed by atoms with E-state index in [1.165, 1.54) is 0 Å². The highest BCUT2D eigenvalue weighted by Gasteiger charge is 2.53. The SMILES string of the molecule is CNC(=O)Nc1ccc(-c2nc(N3CCOC[C@@H]3C)c3c(n2)C(C)(C)S(=O)(=O)C3C)cc1. The van der Waals surface area contributed by atoms with Crippen molar-refractivity contribution in [2.24, 2.45) is 0 Å². The van der Waals surface area contributed by atoms with Crippen molar-refractivity contribution in [2.45, 2.75) is 43.7 Å². The van der Waals surface area contributed by atoms with E-state index in [9.17, 15) is 13.2 Å². The van der Waals surface area contributed by atoms with E-state index in [4.69, 9.17) is 14.7 Å². The van der Waals surface area contributed by atoms with Gasteiger partial charge in [0.05, 0.1) is 30.2 Å². The zero-order valence-corrected chi connectivity index (χ0v) is 19.8. The minimum absolute atomic E-state index is 0.0633. The third-order valence-corrected chi connectivity index (χ3v) is 9.13. The normalized spacial score (nSPS) is 23.5. The third kappa shape index (κ3) is 3.51. The number of benzene rings is 1. The highest BCUT2D eigenvalue weighted by Crippen LogP contribution is 2.51. The molecule has 1 saturated heterocycles. The Kier molecular flexibility index (Phi) is 5.62. The monoisotopic (exact) mass is 459 g/mol. The first kappa shape index (κ1) is 22.5. The number of urea groups is 1. The van der Waals surface area contributed by atoms with Crippen molar-refractivity contribution in [3.05, 3.63) is 35.5 Å². The van der Waals surface area contributed by atoms with Crippen molar-refractivity contribution < 1.29 is 17.9 Å². The van der Waals surface area contributed by atoms with Crippen LogP contribution in [-0.2, 0) is 19.3 Å². The van der Waals surface area contributed by atoms with Crippen LogP contribution in [0.2, 0.25) is 0 Å². The lowest BCUT2D eigenvalue weighted by atomic mass is 10.0. The van der Waals surface area contributed by atoms with Gasteiger partial charge in [0, 0.05) is 30.4 Å². The Morgan fingerprint density at radius 1 is 1.19 bits per heavy atom. The second-order valence-corrected chi connectivity index (χ2v) is 11.5. The summed E-state index contributed by atoms with van der Waals surface area (Å²) >= 11 is 0. The number of carbonyl (C=O) groups excluding carboxylic acids is 1. The first-order valence-electron chi connectivity index (χ1n) is 10.7. The van der Waals surface area contributed by atoms with Crippen molar-refractivity contribution in [1.82, 2.24) is 15.3 Å². The van der Waals surface area contributed by atoms with Gasteiger partial charge >= 0.3 is 6.03 Å². The summed E-state index contributed by atoms with van der Waals surface area (Å²) in [6, 6.07) is 6.92. The molecule has 9 nitrogen and oxygen atoms in total. The molecule has 172 valence electrons. The van der Waals surface area contributed by atoms with Gasteiger partial charge in [0.1, 0.15) is 10.6 Å². The molecule has 4 rings (SSSR count). The summed E-state index contributed by atoms with van der Waals surface area (Å²) in [5.41, 5.74) is 2.61. The molecule has 10 heteroatoms. The van der Waals surface area contributed by atoms with Crippen LogP contribution < -0.4 is 15.5 Å². The van der Waals surface area contributed by atoms with Gasteiger partial charge in [-0.3, -0.25) is 0 Å². The van der Waals surface area contributed by atoms with Gasteiger partial charge in [0.2, 0.25) is 0 Å². The molecule has 2 aliphatic heterocycles. The van der Waals surface area contributed by atoms with Gasteiger partial charge in [-0.05, 0) is 52.0 Å². The summed E-state index contributed by atoms with van der Waals surface area (Å²) in [7, 11) is -1.93. The van der Waals surface area contributed by atoms with Gasteiger partial charge in [0.15, 0.2) is 15.7 Å². The molecule has 0 spiro atoms. The van der Waals surface area contributed by atoms with Crippen LogP contribution >= 0.6 is 0 Å². The zero-order valence-electron chi connectivity index (χ0n) is 19.0. The molecule has 2 aromatic rings. The highest BCUT2D eigenvalue weighted by molar-refractivity contribution is 7.92. The molecule has 1 unspecified atom stereocenters. The minimum atomic E-state index is -3.48. The van der Waals surface area contributed by atoms with E-state index in [1.807, 2.05) is 19.1 Å². The number of anilines is 2. The van der Waals surface area contributed by atoms with Crippen molar-refractivity contribution in [3.63, 3.8) is 0 Å². The average Bonchev–Trinajstić information content (AvgIpc) is 2.91. The summed E-state index contributed by atoms with van der Waals surface area (Å²) < 4.78 is 31.0. The maximum atomic E-state index is 13.3. The smallest absolute Gasteiger partial charge is 0.318 e. The molecule has 3 heterocycles. The molecule has 0 bridgehead atoms. The molecule has 32 heavy (non-hydrogen) atoms. The highest BCUT2D eigenvalue weighted by atomic mass is 32.2. The maximum absolute atomic E-state index is 13.3. The number of rotatable bonds is 3. The van der Waals surface area contributed by atoms with Crippen LogP contribution in [0.3, 0.4) is 0 Å². The lowest BCUT2D eigenvalue weighted by Gasteiger charge is -2.36. The van der Waals surface area contributed by atoms with Crippen LogP contribution in [0.1, 0.15) is 44.2 Å². The number of carbonyl (C=O) groups is 1. The van der Waals surface area contributed by atoms with Gasteiger partial charge in [-0.15, -0.1) is 0 Å². The Balaban J connectivity index is 1.86. The Hall–Kier alpha value is -2.72. The second-order valence-electron chi connectivity index (χ2n) is 8.73. The maximum Gasteiger partial charge on any atom is 0.318 e. The quantitative estimate of drug-likeness (QED) is 0.725. The van der Waals surface area contributed by atoms with E-state index < -0.39 is 19.8 Å². The number of morpholine rings is 1. The fourth-order valence-corrected chi connectivity index (χ4v) is 6.15. The van der Waals surface area contributed by atoms with Gasteiger partial charge in [-0.25, -0.2) is 23.2 Å². The molecular formula is C22H29N5O4S. The Bertz CT molecular complexity index is 1150. The number of sulfone groups is 1. The van der Waals surface area contributed by atoms with Crippen LogP contribution in [0, 0.1) is 0 Å². The Labute approximate surface area is 188 Å². The first-order valence-corrected chi connectivity index (χ1v) is 12.2. The Morgan fingerprint density at radius 3 is 2.50 bits per heavy atom. The molecule has 0 aliphatic carbocycles. The first-order chi connectivity index (χ1) is 15.1. The topological polar surface area (TPSA) is 114 Å². The number of amides is 2. The van der Waals surface area contributed by atoms with Crippen LogP contribution in [0.4, 0.5) is 16.3 Å². The van der Waals surface area contributed by atoms with Crippen molar-refractivity contribution in [1.29, 1.82) is 0 Å². The third-order valence-electron chi connectivity index (χ3n) is 6.35. The van der Waals surface area contributed by atoms with Crippen LogP contribution in [0.5, 0.6) is 0 Å². The summed E-state index contributed by atoms with van der Waals surface area (Å²) in [6.45, 7) is 8.94. The Morgan fingerprint density at radius 2 is 1.88 bits per heavy atom. The molecule has 0 saturated carbocycles. The van der Waals surface area contributed by atoms with Gasteiger partial charge in [-0.2, -0.15) is 0 Å². The van der Waals surface area contributed by atoms with E-state index in [2.05, 4.69) is 15.5 Å². The van der Waals surface area contributed by atoms with Gasteiger partial charge in [-0.1, -0.05) is 0 Å². The number of fused-ring (bicyclic) bond motifs is 1. The minimum Gasteiger partial charge on any atom is -0.377 e. The van der Waals surface area contributed by atoms with Crippen molar-refractivity contribution >= 4 is 27.4 Å². The van der Waals surface area contributed by atoms with E-state index in [1.54, 1.807) is 40.0 Å². The van der Waals surface area contributed by atoms with Gasteiger partial charge < -0.3 is 20.3 Å². The van der Waals surface area contributed by atoms with Crippen LogP contribution in [0.25, 0.3) is 11.4 Å². The summed E-state index contributed by atoms with van der Waals surface area (Å²) in [4.78, 5) is 23.3. The van der Waals surface area contributed by atoms with E-state index in [-0.39, 0.29) is 12.1 Å². The fourth-order valence-electron chi connectivity index (χ4n) is 4.31. The summed E-state index contributed by atoms with van der Waals surface area (Å²) in [5.74, 6) is 1.12. The van der Waals surface area contributed by atoms with Crippen molar-refractivity contribution in [2.75, 3.05) is 37.0 Å². The molecule has 1 aromatic carbocycles. The van der Waals surface area contributed by atoms with E-state index in [0.717, 1.165) is 5.56 Å². The van der Waals surface area contributed by atoms with E-state index >= 15 is 0 Å².